The van der Waals surface area contributed by atoms with Crippen LogP contribution < -0.4 is 4.90 Å². The maximum atomic E-state index is 12.0. The van der Waals surface area contributed by atoms with Crippen LogP contribution in [0.4, 0.5) is 5.82 Å². The zero-order valence-corrected chi connectivity index (χ0v) is 11.9. The number of nitrogens with zero attached hydrogens (tertiary/aromatic N) is 6. The number of fused-ring (bicyclic) bond motifs is 1. The second-order valence-electron chi connectivity index (χ2n) is 5.37. The molecule has 7 heteroatoms. The third-order valence-electron chi connectivity index (χ3n) is 3.79. The van der Waals surface area contributed by atoms with Crippen LogP contribution in [0.25, 0.3) is 11.0 Å². The molecule has 2 aromatic heterocycles. The van der Waals surface area contributed by atoms with Crippen molar-refractivity contribution in [1.82, 2.24) is 24.6 Å². The van der Waals surface area contributed by atoms with Gasteiger partial charge in [0, 0.05) is 34.2 Å². The van der Waals surface area contributed by atoms with Crippen LogP contribution in [0.1, 0.15) is 6.42 Å². The lowest BCUT2D eigenvalue weighted by Crippen LogP contribution is -2.32. The van der Waals surface area contributed by atoms with Crippen molar-refractivity contribution in [2.45, 2.75) is 6.42 Å². The fourth-order valence-corrected chi connectivity index (χ4v) is 2.72. The van der Waals surface area contributed by atoms with Gasteiger partial charge in [-0.3, -0.25) is 9.48 Å². The van der Waals surface area contributed by atoms with Crippen molar-refractivity contribution in [2.75, 3.05) is 32.1 Å². The molecule has 0 N–H and O–H groups in total. The summed E-state index contributed by atoms with van der Waals surface area (Å²) < 4.78 is 1.74. The Morgan fingerprint density at radius 3 is 2.95 bits per heavy atom. The lowest BCUT2D eigenvalue weighted by Gasteiger charge is -2.19. The van der Waals surface area contributed by atoms with Crippen molar-refractivity contribution in [3.63, 3.8) is 0 Å². The molecule has 1 fully saturated rings. The maximum absolute atomic E-state index is 12.0. The number of hydrogen-bond acceptors (Lipinski definition) is 5. The lowest BCUT2D eigenvalue weighted by molar-refractivity contribution is -0.132. The van der Waals surface area contributed by atoms with Gasteiger partial charge in [-0.2, -0.15) is 5.10 Å². The van der Waals surface area contributed by atoms with E-state index in [-0.39, 0.29) is 11.8 Å². The SMILES string of the molecule is CN(C)C(=O)C1CCN(c2ncnc3c2cnn3C)C1. The number of rotatable bonds is 2. The van der Waals surface area contributed by atoms with Crippen molar-refractivity contribution >= 4 is 22.8 Å². The molecule has 3 rings (SSSR count). The average molecular weight is 274 g/mol. The smallest absolute Gasteiger partial charge is 0.227 e. The molecule has 0 radical (unpaired) electrons. The third kappa shape index (κ3) is 1.99. The van der Waals surface area contributed by atoms with Crippen molar-refractivity contribution in [2.24, 2.45) is 13.0 Å². The molecule has 0 aliphatic carbocycles. The number of anilines is 1. The van der Waals surface area contributed by atoms with E-state index in [1.807, 2.05) is 7.05 Å². The van der Waals surface area contributed by atoms with Crippen molar-refractivity contribution in [1.29, 1.82) is 0 Å². The molecular weight excluding hydrogens is 256 g/mol. The van der Waals surface area contributed by atoms with Gasteiger partial charge in [0.05, 0.1) is 17.5 Å². The van der Waals surface area contributed by atoms with Crippen LogP contribution >= 0.6 is 0 Å². The quantitative estimate of drug-likeness (QED) is 0.787. The van der Waals surface area contributed by atoms with E-state index in [0.717, 1.165) is 29.8 Å². The summed E-state index contributed by atoms with van der Waals surface area (Å²) in [6, 6.07) is 0. The highest BCUT2D eigenvalue weighted by molar-refractivity contribution is 5.87. The summed E-state index contributed by atoms with van der Waals surface area (Å²) in [5, 5.41) is 5.16. The predicted molar refractivity (Wildman–Crippen MR) is 75.3 cm³/mol. The lowest BCUT2D eigenvalue weighted by atomic mass is 10.1. The second kappa shape index (κ2) is 4.73. The minimum absolute atomic E-state index is 0.0479. The number of amides is 1. The van der Waals surface area contributed by atoms with Crippen LogP contribution in [0.5, 0.6) is 0 Å². The van der Waals surface area contributed by atoms with Gasteiger partial charge in [-0.15, -0.1) is 0 Å². The van der Waals surface area contributed by atoms with Crippen molar-refractivity contribution in [3.05, 3.63) is 12.5 Å². The highest BCUT2D eigenvalue weighted by Gasteiger charge is 2.31. The van der Waals surface area contributed by atoms with E-state index in [0.29, 0.717) is 6.54 Å². The van der Waals surface area contributed by atoms with Crippen LogP contribution in [0, 0.1) is 5.92 Å². The Bertz CT molecular complexity index is 649. The van der Waals surface area contributed by atoms with Gasteiger partial charge in [0.2, 0.25) is 5.91 Å². The number of carbonyl (C=O) groups is 1. The van der Waals surface area contributed by atoms with Crippen LogP contribution in [-0.4, -0.2) is 57.7 Å². The number of carbonyl (C=O) groups excluding carboxylic acids is 1. The fraction of sp³-hybridized carbons (Fsp3) is 0.538. The molecule has 1 saturated heterocycles. The van der Waals surface area contributed by atoms with E-state index >= 15 is 0 Å². The highest BCUT2D eigenvalue weighted by atomic mass is 16.2. The van der Waals surface area contributed by atoms with Crippen LogP contribution in [0.15, 0.2) is 12.5 Å². The van der Waals surface area contributed by atoms with E-state index in [1.165, 1.54) is 0 Å². The van der Waals surface area contributed by atoms with Crippen LogP contribution in [-0.2, 0) is 11.8 Å². The zero-order chi connectivity index (χ0) is 14.3. The molecule has 0 aromatic carbocycles. The molecule has 2 aromatic rings. The highest BCUT2D eigenvalue weighted by Crippen LogP contribution is 2.28. The van der Waals surface area contributed by atoms with E-state index in [2.05, 4.69) is 20.0 Å². The van der Waals surface area contributed by atoms with Gasteiger partial charge in [-0.1, -0.05) is 0 Å². The normalized spacial score (nSPS) is 18.8. The molecule has 0 bridgehead atoms. The number of aryl methyl sites for hydroxylation is 1. The Hall–Kier alpha value is -2.18. The summed E-state index contributed by atoms with van der Waals surface area (Å²) in [6.45, 7) is 1.54. The van der Waals surface area contributed by atoms with E-state index < -0.39 is 0 Å². The Kier molecular flexibility index (Phi) is 3.04. The maximum Gasteiger partial charge on any atom is 0.227 e. The first-order valence-corrected chi connectivity index (χ1v) is 6.66. The zero-order valence-electron chi connectivity index (χ0n) is 11.9. The summed E-state index contributed by atoms with van der Waals surface area (Å²) in [5.41, 5.74) is 0.817. The minimum Gasteiger partial charge on any atom is -0.355 e. The predicted octanol–water partition coefficient (Wildman–Crippen LogP) is 0.278. The molecule has 3 heterocycles. The summed E-state index contributed by atoms with van der Waals surface area (Å²) in [6.07, 6.45) is 4.20. The Labute approximate surface area is 117 Å². The molecule has 20 heavy (non-hydrogen) atoms. The monoisotopic (exact) mass is 274 g/mol. The molecule has 1 atom stereocenters. The minimum atomic E-state index is 0.0479. The van der Waals surface area contributed by atoms with Crippen molar-refractivity contribution in [3.8, 4) is 0 Å². The molecule has 106 valence electrons. The summed E-state index contributed by atoms with van der Waals surface area (Å²) in [4.78, 5) is 24.5. The van der Waals surface area contributed by atoms with Gasteiger partial charge in [0.25, 0.3) is 0 Å². The Balaban J connectivity index is 1.88. The molecule has 1 aliphatic rings. The molecule has 0 spiro atoms. The molecule has 0 saturated carbocycles. The van der Waals surface area contributed by atoms with E-state index in [4.69, 9.17) is 0 Å². The fourth-order valence-electron chi connectivity index (χ4n) is 2.72. The average Bonchev–Trinajstić information content (AvgIpc) is 3.05. The molecule has 1 aliphatic heterocycles. The third-order valence-corrected chi connectivity index (χ3v) is 3.79. The summed E-state index contributed by atoms with van der Waals surface area (Å²) >= 11 is 0. The molecule has 7 nitrogen and oxygen atoms in total. The Morgan fingerprint density at radius 2 is 2.20 bits per heavy atom. The topological polar surface area (TPSA) is 67.2 Å². The number of hydrogen-bond donors (Lipinski definition) is 0. The van der Waals surface area contributed by atoms with Gasteiger partial charge in [-0.05, 0) is 6.42 Å². The number of aromatic nitrogens is 4. The first kappa shape index (κ1) is 12.8. The van der Waals surface area contributed by atoms with Gasteiger partial charge >= 0.3 is 0 Å². The molecule has 1 amide bonds. The largest absolute Gasteiger partial charge is 0.355 e. The first-order valence-electron chi connectivity index (χ1n) is 6.66. The summed E-state index contributed by atoms with van der Waals surface area (Å²) in [5.74, 6) is 1.10. The van der Waals surface area contributed by atoms with E-state index in [9.17, 15) is 4.79 Å². The molecule has 1 unspecified atom stereocenters. The Morgan fingerprint density at radius 1 is 1.40 bits per heavy atom. The van der Waals surface area contributed by atoms with Crippen LogP contribution in [0.2, 0.25) is 0 Å². The van der Waals surface area contributed by atoms with E-state index in [1.54, 1.807) is 36.2 Å². The van der Waals surface area contributed by atoms with Gasteiger partial charge in [0.1, 0.15) is 12.1 Å². The standard InChI is InChI=1S/C13H18N6O/c1-17(2)13(20)9-4-5-19(7-9)12-10-6-16-18(3)11(10)14-8-15-12/h6,8-9H,4-5,7H2,1-3H3. The summed E-state index contributed by atoms with van der Waals surface area (Å²) in [7, 11) is 5.46. The first-order chi connectivity index (χ1) is 9.58. The van der Waals surface area contributed by atoms with Crippen LogP contribution in [0.3, 0.4) is 0 Å². The molecular formula is C13H18N6O. The van der Waals surface area contributed by atoms with Gasteiger partial charge in [-0.25, -0.2) is 9.97 Å². The second-order valence-corrected chi connectivity index (χ2v) is 5.37. The van der Waals surface area contributed by atoms with Gasteiger partial charge in [0.15, 0.2) is 5.65 Å². The van der Waals surface area contributed by atoms with Gasteiger partial charge < -0.3 is 9.80 Å². The van der Waals surface area contributed by atoms with Crippen molar-refractivity contribution < 1.29 is 4.79 Å².